The molecule has 0 aliphatic carbocycles. The number of ether oxygens (including phenoxy) is 1. The van der Waals surface area contributed by atoms with Crippen LogP contribution in [0.15, 0.2) is 96.6 Å². The first-order valence-electron chi connectivity index (χ1n) is 11.9. The number of carbonyl (C=O) groups excluding carboxylic acids is 1. The number of hydrogen-bond donors (Lipinski definition) is 1. The lowest BCUT2D eigenvalue weighted by atomic mass is 10.1. The minimum atomic E-state index is -0.228. The zero-order valence-electron chi connectivity index (χ0n) is 20.0. The van der Waals surface area contributed by atoms with Crippen LogP contribution >= 0.6 is 0 Å². The second-order valence-corrected chi connectivity index (χ2v) is 8.60. The number of piperazine rings is 1. The molecule has 1 N–H and O–H groups in total. The SMILES string of the molecule is C=CCOc1ccc(/C=N\NC(=O)c2ccc(CN3CCN(Cc4ccccc4)CC3)cc2)cc1. The molecule has 1 amide bonds. The first-order chi connectivity index (χ1) is 17.2. The monoisotopic (exact) mass is 468 g/mol. The Bertz CT molecular complexity index is 1100. The highest BCUT2D eigenvalue weighted by Gasteiger charge is 2.17. The van der Waals surface area contributed by atoms with Crippen molar-refractivity contribution >= 4 is 12.1 Å². The molecular formula is C29H32N4O2. The van der Waals surface area contributed by atoms with Crippen LogP contribution in [0.1, 0.15) is 27.0 Å². The highest BCUT2D eigenvalue weighted by Crippen LogP contribution is 2.13. The molecule has 0 aromatic heterocycles. The first-order valence-corrected chi connectivity index (χ1v) is 11.9. The molecule has 0 atom stereocenters. The predicted octanol–water partition coefficient (Wildman–Crippen LogP) is 4.33. The Morgan fingerprint density at radius 2 is 1.46 bits per heavy atom. The van der Waals surface area contributed by atoms with Crippen LogP contribution in [0.5, 0.6) is 5.75 Å². The fraction of sp³-hybridized carbons (Fsp3) is 0.241. The van der Waals surface area contributed by atoms with Crippen molar-refractivity contribution in [3.05, 3.63) is 114 Å². The van der Waals surface area contributed by atoms with E-state index in [1.165, 1.54) is 11.1 Å². The van der Waals surface area contributed by atoms with Crippen molar-refractivity contribution in [1.29, 1.82) is 0 Å². The molecule has 35 heavy (non-hydrogen) atoms. The average Bonchev–Trinajstić information content (AvgIpc) is 2.90. The van der Waals surface area contributed by atoms with E-state index in [2.05, 4.69) is 57.2 Å². The van der Waals surface area contributed by atoms with Gasteiger partial charge < -0.3 is 4.74 Å². The number of nitrogens with one attached hydrogen (secondary N) is 1. The van der Waals surface area contributed by atoms with E-state index in [0.29, 0.717) is 12.2 Å². The molecule has 0 bridgehead atoms. The molecule has 0 spiro atoms. The van der Waals surface area contributed by atoms with Crippen LogP contribution in [0.3, 0.4) is 0 Å². The lowest BCUT2D eigenvalue weighted by Gasteiger charge is -2.34. The lowest BCUT2D eigenvalue weighted by molar-refractivity contribution is 0.0955. The summed E-state index contributed by atoms with van der Waals surface area (Å²) in [6.07, 6.45) is 3.31. The van der Waals surface area contributed by atoms with Gasteiger partial charge in [0.15, 0.2) is 0 Å². The minimum absolute atomic E-state index is 0.228. The molecule has 6 nitrogen and oxygen atoms in total. The van der Waals surface area contributed by atoms with E-state index in [1.54, 1.807) is 12.3 Å². The Kier molecular flexibility index (Phi) is 8.81. The molecule has 1 aliphatic rings. The smallest absolute Gasteiger partial charge is 0.271 e. The maximum atomic E-state index is 12.4. The molecule has 0 radical (unpaired) electrons. The molecule has 6 heteroatoms. The van der Waals surface area contributed by atoms with Gasteiger partial charge in [-0.25, -0.2) is 5.43 Å². The van der Waals surface area contributed by atoms with Crippen LogP contribution < -0.4 is 10.2 Å². The molecule has 0 unspecified atom stereocenters. The molecule has 4 rings (SSSR count). The Hall–Kier alpha value is -3.74. The van der Waals surface area contributed by atoms with E-state index in [0.717, 1.165) is 50.6 Å². The van der Waals surface area contributed by atoms with E-state index < -0.39 is 0 Å². The van der Waals surface area contributed by atoms with Crippen molar-refractivity contribution in [2.24, 2.45) is 5.10 Å². The average molecular weight is 469 g/mol. The molecular weight excluding hydrogens is 436 g/mol. The van der Waals surface area contributed by atoms with Crippen LogP contribution in [0, 0.1) is 0 Å². The zero-order chi connectivity index (χ0) is 24.3. The Labute approximate surface area is 207 Å². The Morgan fingerprint density at radius 1 is 0.857 bits per heavy atom. The van der Waals surface area contributed by atoms with E-state index in [1.807, 2.05) is 48.5 Å². The molecule has 1 aliphatic heterocycles. The molecule has 0 saturated carbocycles. The van der Waals surface area contributed by atoms with Gasteiger partial charge in [0, 0.05) is 44.8 Å². The van der Waals surface area contributed by atoms with Crippen LogP contribution in [-0.4, -0.2) is 54.7 Å². The summed E-state index contributed by atoms with van der Waals surface area (Å²) in [7, 11) is 0. The summed E-state index contributed by atoms with van der Waals surface area (Å²) in [5.41, 5.74) is 6.63. The van der Waals surface area contributed by atoms with E-state index in [4.69, 9.17) is 4.74 Å². The van der Waals surface area contributed by atoms with Crippen molar-refractivity contribution < 1.29 is 9.53 Å². The van der Waals surface area contributed by atoms with E-state index >= 15 is 0 Å². The highest BCUT2D eigenvalue weighted by molar-refractivity contribution is 5.94. The summed E-state index contributed by atoms with van der Waals surface area (Å²) in [6, 6.07) is 25.9. The maximum Gasteiger partial charge on any atom is 0.271 e. The number of amides is 1. The van der Waals surface area contributed by atoms with Gasteiger partial charge in [0.05, 0.1) is 6.21 Å². The van der Waals surface area contributed by atoms with Gasteiger partial charge in [0.2, 0.25) is 0 Å². The third-order valence-electron chi connectivity index (χ3n) is 5.96. The number of nitrogens with zero attached hydrogens (tertiary/aromatic N) is 3. The Morgan fingerprint density at radius 3 is 2.06 bits per heavy atom. The van der Waals surface area contributed by atoms with Crippen molar-refractivity contribution in [2.75, 3.05) is 32.8 Å². The van der Waals surface area contributed by atoms with Crippen LogP contribution in [0.25, 0.3) is 0 Å². The number of hydrogen-bond acceptors (Lipinski definition) is 5. The van der Waals surface area contributed by atoms with E-state index in [9.17, 15) is 4.79 Å². The molecule has 1 fully saturated rings. The molecule has 1 saturated heterocycles. The minimum Gasteiger partial charge on any atom is -0.490 e. The van der Waals surface area contributed by atoms with Crippen molar-refractivity contribution in [3.63, 3.8) is 0 Å². The van der Waals surface area contributed by atoms with Crippen LogP contribution in [0.2, 0.25) is 0 Å². The fourth-order valence-electron chi connectivity index (χ4n) is 4.00. The van der Waals surface area contributed by atoms with Gasteiger partial charge in [-0.1, -0.05) is 55.1 Å². The normalized spacial score (nSPS) is 14.6. The fourth-order valence-corrected chi connectivity index (χ4v) is 4.00. The van der Waals surface area contributed by atoms with Gasteiger partial charge >= 0.3 is 0 Å². The first kappa shape index (κ1) is 24.4. The zero-order valence-corrected chi connectivity index (χ0v) is 20.0. The summed E-state index contributed by atoms with van der Waals surface area (Å²) >= 11 is 0. The van der Waals surface area contributed by atoms with Crippen molar-refractivity contribution in [2.45, 2.75) is 13.1 Å². The highest BCUT2D eigenvalue weighted by atomic mass is 16.5. The number of carbonyl (C=O) groups is 1. The van der Waals surface area contributed by atoms with E-state index in [-0.39, 0.29) is 5.91 Å². The summed E-state index contributed by atoms with van der Waals surface area (Å²) in [5, 5.41) is 4.07. The number of rotatable bonds is 10. The van der Waals surface area contributed by atoms with Gasteiger partial charge in [-0.3, -0.25) is 14.6 Å². The van der Waals surface area contributed by atoms with Crippen molar-refractivity contribution in [1.82, 2.24) is 15.2 Å². The quantitative estimate of drug-likeness (QED) is 0.273. The number of benzene rings is 3. The second-order valence-electron chi connectivity index (χ2n) is 8.60. The molecule has 3 aromatic rings. The third-order valence-corrected chi connectivity index (χ3v) is 5.96. The van der Waals surface area contributed by atoms with Gasteiger partial charge in [-0.15, -0.1) is 0 Å². The van der Waals surface area contributed by atoms with Crippen LogP contribution in [0.4, 0.5) is 0 Å². The summed E-state index contributed by atoms with van der Waals surface area (Å²) in [4.78, 5) is 17.4. The van der Waals surface area contributed by atoms with Crippen molar-refractivity contribution in [3.8, 4) is 5.75 Å². The molecule has 180 valence electrons. The van der Waals surface area contributed by atoms with Gasteiger partial charge in [0.1, 0.15) is 12.4 Å². The standard InChI is InChI=1S/C29H32N4O2/c1-2-20-35-28-14-10-24(11-15-28)21-30-31-29(34)27-12-8-26(9-13-27)23-33-18-16-32(17-19-33)22-25-6-4-3-5-7-25/h2-15,21H,1,16-20,22-23H2,(H,31,34)/b30-21-. The summed E-state index contributed by atoms with van der Waals surface area (Å²) < 4.78 is 5.46. The summed E-state index contributed by atoms with van der Waals surface area (Å²) in [6.45, 7) is 10.2. The van der Waals surface area contributed by atoms with Crippen LogP contribution in [-0.2, 0) is 13.1 Å². The third kappa shape index (κ3) is 7.64. The summed E-state index contributed by atoms with van der Waals surface area (Å²) in [5.74, 6) is 0.536. The predicted molar refractivity (Wildman–Crippen MR) is 141 cm³/mol. The topological polar surface area (TPSA) is 57.2 Å². The lowest BCUT2D eigenvalue weighted by Crippen LogP contribution is -2.45. The number of hydrazone groups is 1. The maximum absolute atomic E-state index is 12.4. The molecule has 3 aromatic carbocycles. The molecule has 1 heterocycles. The van der Waals surface area contributed by atoms with Gasteiger partial charge in [-0.05, 0) is 53.1 Å². The largest absolute Gasteiger partial charge is 0.490 e. The Balaban J connectivity index is 1.20. The second kappa shape index (κ2) is 12.6. The van der Waals surface area contributed by atoms with Gasteiger partial charge in [-0.2, -0.15) is 5.10 Å². The van der Waals surface area contributed by atoms with Gasteiger partial charge in [0.25, 0.3) is 5.91 Å².